The van der Waals surface area contributed by atoms with Crippen molar-refractivity contribution in [2.45, 2.75) is 18.5 Å². The van der Waals surface area contributed by atoms with Gasteiger partial charge in [0.1, 0.15) is 6.04 Å². The van der Waals surface area contributed by atoms with Crippen LogP contribution in [0.1, 0.15) is 23.6 Å². The third kappa shape index (κ3) is 2.06. The number of benzene rings is 2. The predicted molar refractivity (Wildman–Crippen MR) is 75.6 cm³/mol. The Morgan fingerprint density at radius 1 is 1.00 bits per heavy atom. The average Bonchev–Trinajstić information content (AvgIpc) is 2.51. The molecule has 0 N–H and O–H groups in total. The van der Waals surface area contributed by atoms with E-state index in [1.54, 1.807) is 4.90 Å². The quantitative estimate of drug-likeness (QED) is 0.798. The Bertz CT molecular complexity index is 606. The van der Waals surface area contributed by atoms with Crippen molar-refractivity contribution in [1.29, 1.82) is 5.26 Å². The van der Waals surface area contributed by atoms with Crippen LogP contribution in [0.2, 0.25) is 0 Å². The average molecular weight is 262 g/mol. The first-order valence-corrected chi connectivity index (χ1v) is 6.62. The van der Waals surface area contributed by atoms with E-state index >= 15 is 0 Å². The molecule has 0 spiro atoms. The van der Waals surface area contributed by atoms with Crippen LogP contribution in [0, 0.1) is 11.3 Å². The second-order valence-electron chi connectivity index (χ2n) is 4.87. The lowest BCUT2D eigenvalue weighted by Crippen LogP contribution is -2.53. The molecule has 3 heteroatoms. The van der Waals surface area contributed by atoms with E-state index in [-0.39, 0.29) is 18.0 Å². The van der Waals surface area contributed by atoms with Gasteiger partial charge in [0.05, 0.1) is 18.5 Å². The summed E-state index contributed by atoms with van der Waals surface area (Å²) in [5, 5.41) is 9.17. The van der Waals surface area contributed by atoms with E-state index in [0.29, 0.717) is 6.42 Å². The topological polar surface area (TPSA) is 44.1 Å². The molecule has 1 amide bonds. The molecule has 20 heavy (non-hydrogen) atoms. The van der Waals surface area contributed by atoms with Crippen LogP contribution in [0.3, 0.4) is 0 Å². The molecule has 2 aromatic carbocycles. The normalized spacial score (nSPS) is 17.7. The zero-order valence-corrected chi connectivity index (χ0v) is 10.9. The lowest BCUT2D eigenvalue weighted by atomic mass is 9.90. The minimum atomic E-state index is -0.326. The van der Waals surface area contributed by atoms with Crippen LogP contribution in [0.4, 0.5) is 0 Å². The van der Waals surface area contributed by atoms with E-state index in [2.05, 4.69) is 6.07 Å². The summed E-state index contributed by atoms with van der Waals surface area (Å²) in [4.78, 5) is 13.6. The highest BCUT2D eigenvalue weighted by Crippen LogP contribution is 2.36. The minimum absolute atomic E-state index is 0.0363. The van der Waals surface area contributed by atoms with Crippen LogP contribution in [-0.2, 0) is 4.79 Å². The lowest BCUT2D eigenvalue weighted by molar-refractivity contribution is -0.145. The molecule has 0 aromatic heterocycles. The van der Waals surface area contributed by atoms with Crippen molar-refractivity contribution in [1.82, 2.24) is 4.90 Å². The number of amides is 1. The second kappa shape index (κ2) is 5.18. The Morgan fingerprint density at radius 2 is 1.50 bits per heavy atom. The van der Waals surface area contributed by atoms with Gasteiger partial charge < -0.3 is 4.90 Å². The first-order valence-electron chi connectivity index (χ1n) is 6.62. The molecule has 1 aliphatic heterocycles. The highest BCUT2D eigenvalue weighted by Gasteiger charge is 2.42. The standard InChI is InChI=1S/C17H14N2O/c18-12-15-11-16(20)19(15)17(13-7-3-1-4-8-13)14-9-5-2-6-10-14/h1-10,15,17H,11H2. The highest BCUT2D eigenvalue weighted by molar-refractivity contribution is 5.85. The number of hydrogen-bond acceptors (Lipinski definition) is 2. The summed E-state index contributed by atoms with van der Waals surface area (Å²) in [6.07, 6.45) is 0.326. The van der Waals surface area contributed by atoms with Gasteiger partial charge in [0, 0.05) is 0 Å². The summed E-state index contributed by atoms with van der Waals surface area (Å²) in [6.45, 7) is 0. The van der Waals surface area contributed by atoms with Gasteiger partial charge in [0.2, 0.25) is 5.91 Å². The number of likely N-dealkylation sites (tertiary alicyclic amines) is 1. The van der Waals surface area contributed by atoms with Crippen LogP contribution in [0.15, 0.2) is 60.7 Å². The van der Waals surface area contributed by atoms with Gasteiger partial charge in [-0.15, -0.1) is 0 Å². The number of rotatable bonds is 3. The molecule has 1 aliphatic rings. The minimum Gasteiger partial charge on any atom is -0.315 e. The number of carbonyl (C=O) groups is 1. The van der Waals surface area contributed by atoms with E-state index in [1.807, 2.05) is 60.7 Å². The van der Waals surface area contributed by atoms with Crippen LogP contribution < -0.4 is 0 Å². The number of β-lactam (4-membered cyclic amide) rings is 1. The third-order valence-corrected chi connectivity index (χ3v) is 3.65. The van der Waals surface area contributed by atoms with Crippen LogP contribution in [0.5, 0.6) is 0 Å². The molecule has 1 unspecified atom stereocenters. The van der Waals surface area contributed by atoms with Crippen molar-refractivity contribution in [3.63, 3.8) is 0 Å². The predicted octanol–water partition coefficient (Wildman–Crippen LogP) is 2.90. The van der Waals surface area contributed by atoms with Crippen molar-refractivity contribution >= 4 is 5.91 Å². The van der Waals surface area contributed by atoms with Gasteiger partial charge in [0.25, 0.3) is 0 Å². The van der Waals surface area contributed by atoms with Gasteiger partial charge >= 0.3 is 0 Å². The Kier molecular flexibility index (Phi) is 3.22. The zero-order valence-electron chi connectivity index (χ0n) is 10.9. The number of nitrogens with zero attached hydrogens (tertiary/aromatic N) is 2. The van der Waals surface area contributed by atoms with Gasteiger partial charge in [-0.2, -0.15) is 5.26 Å². The largest absolute Gasteiger partial charge is 0.315 e. The van der Waals surface area contributed by atoms with Crippen molar-refractivity contribution in [2.24, 2.45) is 0 Å². The lowest BCUT2D eigenvalue weighted by Gasteiger charge is -2.42. The van der Waals surface area contributed by atoms with Gasteiger partial charge in [-0.3, -0.25) is 4.79 Å². The molecule has 0 saturated carbocycles. The van der Waals surface area contributed by atoms with Crippen LogP contribution in [-0.4, -0.2) is 16.8 Å². The Morgan fingerprint density at radius 3 is 1.90 bits per heavy atom. The maximum absolute atomic E-state index is 12.0. The van der Waals surface area contributed by atoms with Gasteiger partial charge in [-0.25, -0.2) is 0 Å². The molecule has 3 rings (SSSR count). The number of nitriles is 1. The fourth-order valence-corrected chi connectivity index (χ4v) is 2.65. The summed E-state index contributed by atoms with van der Waals surface area (Å²) in [5.74, 6) is 0.0363. The molecular formula is C17H14N2O. The molecular weight excluding hydrogens is 248 g/mol. The van der Waals surface area contributed by atoms with Crippen LogP contribution in [0.25, 0.3) is 0 Å². The Labute approximate surface area is 118 Å². The molecule has 3 nitrogen and oxygen atoms in total. The molecule has 0 radical (unpaired) electrons. The summed E-state index contributed by atoms with van der Waals surface area (Å²) >= 11 is 0. The Balaban J connectivity index is 2.05. The van der Waals surface area contributed by atoms with E-state index in [0.717, 1.165) is 11.1 Å². The molecule has 0 bridgehead atoms. The zero-order chi connectivity index (χ0) is 13.9. The van der Waals surface area contributed by atoms with E-state index < -0.39 is 0 Å². The molecule has 98 valence electrons. The Hall–Kier alpha value is -2.60. The maximum Gasteiger partial charge on any atom is 0.227 e. The van der Waals surface area contributed by atoms with E-state index in [4.69, 9.17) is 0 Å². The van der Waals surface area contributed by atoms with E-state index in [1.165, 1.54) is 0 Å². The summed E-state index contributed by atoms with van der Waals surface area (Å²) in [7, 11) is 0. The second-order valence-corrected chi connectivity index (χ2v) is 4.87. The van der Waals surface area contributed by atoms with Gasteiger partial charge in [-0.05, 0) is 11.1 Å². The van der Waals surface area contributed by atoms with Crippen molar-refractivity contribution in [3.05, 3.63) is 71.8 Å². The highest BCUT2D eigenvalue weighted by atomic mass is 16.2. The molecule has 0 aliphatic carbocycles. The number of carbonyl (C=O) groups excluding carboxylic acids is 1. The smallest absolute Gasteiger partial charge is 0.227 e. The first-order chi connectivity index (χ1) is 9.81. The van der Waals surface area contributed by atoms with Gasteiger partial charge in [-0.1, -0.05) is 60.7 Å². The fraction of sp³-hybridized carbons (Fsp3) is 0.176. The molecule has 1 saturated heterocycles. The van der Waals surface area contributed by atoms with Crippen LogP contribution >= 0.6 is 0 Å². The maximum atomic E-state index is 12.0. The molecule has 2 aromatic rings. The summed E-state index contributed by atoms with van der Waals surface area (Å²) < 4.78 is 0. The monoisotopic (exact) mass is 262 g/mol. The first kappa shape index (κ1) is 12.4. The van der Waals surface area contributed by atoms with Crippen molar-refractivity contribution in [2.75, 3.05) is 0 Å². The summed E-state index contributed by atoms with van der Waals surface area (Å²) in [6, 6.07) is 21.4. The molecule has 1 heterocycles. The molecule has 1 fully saturated rings. The summed E-state index contributed by atoms with van der Waals surface area (Å²) in [5.41, 5.74) is 2.07. The van der Waals surface area contributed by atoms with Crippen molar-refractivity contribution in [3.8, 4) is 6.07 Å². The van der Waals surface area contributed by atoms with E-state index in [9.17, 15) is 10.1 Å². The SMILES string of the molecule is N#CC1CC(=O)N1C(c1ccccc1)c1ccccc1. The number of hydrogen-bond donors (Lipinski definition) is 0. The third-order valence-electron chi connectivity index (χ3n) is 3.65. The van der Waals surface area contributed by atoms with Crippen molar-refractivity contribution < 1.29 is 4.79 Å². The van der Waals surface area contributed by atoms with Gasteiger partial charge in [0.15, 0.2) is 0 Å². The fourth-order valence-electron chi connectivity index (χ4n) is 2.65. The molecule has 1 atom stereocenters.